The normalized spacial score (nSPS) is 10.9. The highest BCUT2D eigenvalue weighted by Gasteiger charge is 2.15. The van der Waals surface area contributed by atoms with E-state index < -0.39 is 5.97 Å². The molecule has 0 unspecified atom stereocenters. The first kappa shape index (κ1) is 22.1. The molecule has 0 saturated heterocycles. The van der Waals surface area contributed by atoms with Gasteiger partial charge in [-0.25, -0.2) is 9.78 Å². The van der Waals surface area contributed by atoms with Gasteiger partial charge in [-0.1, -0.05) is 11.2 Å². The lowest BCUT2D eigenvalue weighted by Gasteiger charge is -2.12. The van der Waals surface area contributed by atoms with Crippen LogP contribution in [-0.4, -0.2) is 27.6 Å². The third-order valence-electron chi connectivity index (χ3n) is 5.16. The predicted octanol–water partition coefficient (Wildman–Crippen LogP) is 3.55. The van der Waals surface area contributed by atoms with Crippen LogP contribution in [0.15, 0.2) is 51.9 Å². The number of carbonyl (C=O) groups excluding carboxylic acids is 1. The van der Waals surface area contributed by atoms with Crippen molar-refractivity contribution in [3.05, 3.63) is 86.8 Å². The summed E-state index contributed by atoms with van der Waals surface area (Å²) in [5.41, 5.74) is 3.45. The van der Waals surface area contributed by atoms with Crippen LogP contribution in [0.5, 0.6) is 11.5 Å². The maximum atomic E-state index is 12.6. The van der Waals surface area contributed by atoms with Gasteiger partial charge in [0.25, 0.3) is 5.56 Å². The first-order chi connectivity index (χ1) is 15.9. The van der Waals surface area contributed by atoms with Gasteiger partial charge in [-0.2, -0.15) is 0 Å². The molecule has 3 aromatic heterocycles. The minimum absolute atomic E-state index is 0.134. The number of nitrogens with zero attached hydrogens (tertiary/aromatic N) is 3. The number of pyridine rings is 1. The van der Waals surface area contributed by atoms with Gasteiger partial charge in [-0.05, 0) is 50.6 Å². The molecule has 3 heterocycles. The largest absolute Gasteiger partial charge is 0.493 e. The molecule has 0 aliphatic heterocycles. The Morgan fingerprint density at radius 2 is 1.88 bits per heavy atom. The highest BCUT2D eigenvalue weighted by Crippen LogP contribution is 2.30. The van der Waals surface area contributed by atoms with Crippen LogP contribution in [-0.2, 0) is 18.0 Å². The van der Waals surface area contributed by atoms with Gasteiger partial charge in [0.05, 0.1) is 29.6 Å². The summed E-state index contributed by atoms with van der Waals surface area (Å²) in [6.07, 6.45) is 1.71. The van der Waals surface area contributed by atoms with Gasteiger partial charge < -0.3 is 18.7 Å². The number of fused-ring (bicyclic) bond motifs is 1. The van der Waals surface area contributed by atoms with E-state index in [2.05, 4.69) is 10.1 Å². The Kier molecular flexibility index (Phi) is 6.12. The highest BCUT2D eigenvalue weighted by molar-refractivity contribution is 5.90. The van der Waals surface area contributed by atoms with E-state index in [-0.39, 0.29) is 24.3 Å². The van der Waals surface area contributed by atoms with Gasteiger partial charge in [-0.15, -0.1) is 0 Å². The number of esters is 1. The molecule has 0 aliphatic carbocycles. The zero-order valence-electron chi connectivity index (χ0n) is 18.7. The van der Waals surface area contributed by atoms with Crippen molar-refractivity contribution in [3.8, 4) is 11.5 Å². The zero-order valence-corrected chi connectivity index (χ0v) is 18.7. The van der Waals surface area contributed by atoms with Crippen LogP contribution in [0.4, 0.5) is 0 Å². The third-order valence-corrected chi connectivity index (χ3v) is 5.16. The fourth-order valence-corrected chi connectivity index (χ4v) is 3.33. The Bertz CT molecular complexity index is 1370. The molecule has 1 aromatic carbocycles. The summed E-state index contributed by atoms with van der Waals surface area (Å²) < 4.78 is 23.2. The van der Waals surface area contributed by atoms with Crippen molar-refractivity contribution in [2.24, 2.45) is 0 Å². The third kappa shape index (κ3) is 4.72. The molecule has 0 bridgehead atoms. The molecule has 0 N–H and O–H groups in total. The van der Waals surface area contributed by atoms with E-state index in [0.29, 0.717) is 28.6 Å². The Hall–Kier alpha value is -4.14. The van der Waals surface area contributed by atoms with Crippen molar-refractivity contribution >= 4 is 11.6 Å². The number of aromatic nitrogens is 3. The van der Waals surface area contributed by atoms with Crippen molar-refractivity contribution < 1.29 is 23.5 Å². The van der Waals surface area contributed by atoms with E-state index in [0.717, 1.165) is 16.8 Å². The van der Waals surface area contributed by atoms with E-state index in [9.17, 15) is 9.59 Å². The summed E-state index contributed by atoms with van der Waals surface area (Å²) >= 11 is 0. The summed E-state index contributed by atoms with van der Waals surface area (Å²) in [4.78, 5) is 29.3. The topological polar surface area (TPSA) is 105 Å². The fraction of sp³-hybridized carbons (Fsp3) is 0.250. The number of hydrogen-bond donors (Lipinski definition) is 0. The number of ether oxygens (including phenoxy) is 3. The Morgan fingerprint density at radius 3 is 2.61 bits per heavy atom. The van der Waals surface area contributed by atoms with Gasteiger partial charge in [0.2, 0.25) is 0 Å². The first-order valence-electron chi connectivity index (χ1n) is 10.2. The molecule has 0 amide bonds. The lowest BCUT2D eigenvalue weighted by Crippen LogP contribution is -2.17. The lowest BCUT2D eigenvalue weighted by atomic mass is 10.2. The van der Waals surface area contributed by atoms with Crippen LogP contribution >= 0.6 is 0 Å². The van der Waals surface area contributed by atoms with E-state index >= 15 is 0 Å². The molecule has 9 heteroatoms. The molecule has 0 saturated carbocycles. The van der Waals surface area contributed by atoms with E-state index in [1.807, 2.05) is 26.8 Å². The molecular formula is C24H23N3O6. The van der Waals surface area contributed by atoms with Crippen molar-refractivity contribution in [1.29, 1.82) is 0 Å². The number of hydrogen-bond acceptors (Lipinski definition) is 8. The minimum Gasteiger partial charge on any atom is -0.493 e. The monoisotopic (exact) mass is 449 g/mol. The lowest BCUT2D eigenvalue weighted by molar-refractivity contribution is 0.0467. The Balaban J connectivity index is 1.45. The van der Waals surface area contributed by atoms with Crippen LogP contribution in [0, 0.1) is 20.8 Å². The SMILES string of the molecule is COc1cc(C(=O)OCc2cc(=O)n3cc(C)ccc3n2)ccc1OCc1c(C)noc1C. The van der Waals surface area contributed by atoms with Gasteiger partial charge in [-0.3, -0.25) is 9.20 Å². The molecule has 0 spiro atoms. The molecule has 4 rings (SSSR count). The number of methoxy groups -OCH3 is 1. The van der Waals surface area contributed by atoms with E-state index in [1.165, 1.54) is 23.6 Å². The standard InChI is InChI=1S/C24H23N3O6/c1-14-5-8-22-25-18(10-23(28)27(22)11-14)12-32-24(29)17-6-7-20(21(9-17)30-4)31-13-19-15(2)26-33-16(19)3/h5-11H,12-13H2,1-4H3. The molecular weight excluding hydrogens is 426 g/mol. The number of aryl methyl sites for hydroxylation is 3. The molecule has 0 atom stereocenters. The second-order valence-corrected chi connectivity index (χ2v) is 7.55. The molecule has 9 nitrogen and oxygen atoms in total. The number of carbonyl (C=O) groups is 1. The summed E-state index contributed by atoms with van der Waals surface area (Å²) in [6.45, 7) is 5.67. The maximum absolute atomic E-state index is 12.6. The second-order valence-electron chi connectivity index (χ2n) is 7.55. The smallest absolute Gasteiger partial charge is 0.338 e. The summed E-state index contributed by atoms with van der Waals surface area (Å²) in [6, 6.07) is 9.71. The molecule has 0 fully saturated rings. The minimum atomic E-state index is -0.573. The van der Waals surface area contributed by atoms with Crippen LogP contribution in [0.25, 0.3) is 5.65 Å². The van der Waals surface area contributed by atoms with Crippen LogP contribution in [0.2, 0.25) is 0 Å². The van der Waals surface area contributed by atoms with Gasteiger partial charge in [0.15, 0.2) is 11.5 Å². The summed E-state index contributed by atoms with van der Waals surface area (Å²) in [5.74, 6) is 0.961. The van der Waals surface area contributed by atoms with Crippen molar-refractivity contribution in [1.82, 2.24) is 14.5 Å². The summed E-state index contributed by atoms with van der Waals surface area (Å²) in [5, 5.41) is 3.91. The maximum Gasteiger partial charge on any atom is 0.338 e. The van der Waals surface area contributed by atoms with Crippen LogP contribution < -0.4 is 15.0 Å². The van der Waals surface area contributed by atoms with Crippen molar-refractivity contribution in [2.75, 3.05) is 7.11 Å². The first-order valence-corrected chi connectivity index (χ1v) is 10.2. The average molecular weight is 449 g/mol. The fourth-order valence-electron chi connectivity index (χ4n) is 3.33. The molecule has 170 valence electrons. The number of rotatable bonds is 7. The van der Waals surface area contributed by atoms with Crippen LogP contribution in [0.3, 0.4) is 0 Å². The highest BCUT2D eigenvalue weighted by atomic mass is 16.5. The summed E-state index contributed by atoms with van der Waals surface area (Å²) in [7, 11) is 1.49. The Labute approximate surface area is 189 Å². The average Bonchev–Trinajstić information content (AvgIpc) is 3.13. The molecule has 4 aromatic rings. The molecule has 33 heavy (non-hydrogen) atoms. The number of benzene rings is 1. The van der Waals surface area contributed by atoms with E-state index in [4.69, 9.17) is 18.7 Å². The second kappa shape index (κ2) is 9.15. The van der Waals surface area contributed by atoms with Crippen molar-refractivity contribution in [3.63, 3.8) is 0 Å². The zero-order chi connectivity index (χ0) is 23.5. The van der Waals surface area contributed by atoms with Gasteiger partial charge >= 0.3 is 5.97 Å². The van der Waals surface area contributed by atoms with Gasteiger partial charge in [0, 0.05) is 12.3 Å². The Morgan fingerprint density at radius 1 is 1.06 bits per heavy atom. The van der Waals surface area contributed by atoms with E-state index in [1.54, 1.807) is 24.4 Å². The van der Waals surface area contributed by atoms with Crippen LogP contribution in [0.1, 0.15) is 38.6 Å². The van der Waals surface area contributed by atoms with Crippen molar-refractivity contribution in [2.45, 2.75) is 34.0 Å². The quantitative estimate of drug-likeness (QED) is 0.395. The molecule has 0 aliphatic rings. The molecule has 0 radical (unpaired) electrons. The predicted molar refractivity (Wildman–Crippen MR) is 119 cm³/mol. The van der Waals surface area contributed by atoms with Gasteiger partial charge in [0.1, 0.15) is 24.6 Å².